The van der Waals surface area contributed by atoms with Crippen LogP contribution in [0.1, 0.15) is 41.3 Å². The molecule has 3 aromatic rings. The van der Waals surface area contributed by atoms with Gasteiger partial charge in [-0.05, 0) is 37.6 Å². The number of benzene rings is 1. The van der Waals surface area contributed by atoms with E-state index in [0.29, 0.717) is 12.2 Å². The second-order valence-electron chi connectivity index (χ2n) is 7.64. The number of nitrogens with one attached hydrogen (secondary N) is 3. The van der Waals surface area contributed by atoms with Crippen molar-refractivity contribution in [3.8, 4) is 5.75 Å². The predicted octanol–water partition coefficient (Wildman–Crippen LogP) is 2.69. The molecule has 0 bridgehead atoms. The summed E-state index contributed by atoms with van der Waals surface area (Å²) in [6.45, 7) is 3.74. The number of furan rings is 1. The van der Waals surface area contributed by atoms with Gasteiger partial charge >= 0.3 is 0 Å². The first-order chi connectivity index (χ1) is 15.1. The standard InChI is InChI=1S/C22H27N5O5/c1-6-14(16-11-10-12(2)32-16)23-17-18(22(31)27(5)25-20(17)29)24-15-9-7-8-13(19(15)28)21(30)26(3)4/h7-11,14,23-24,28H,6H2,1-5H3,(H,25,29)/t14-/m1/s1. The number of para-hydroxylation sites is 1. The summed E-state index contributed by atoms with van der Waals surface area (Å²) in [7, 11) is 4.55. The minimum atomic E-state index is -0.531. The quantitative estimate of drug-likeness (QED) is 0.414. The highest BCUT2D eigenvalue weighted by molar-refractivity contribution is 5.98. The fourth-order valence-electron chi connectivity index (χ4n) is 3.28. The van der Waals surface area contributed by atoms with Crippen molar-refractivity contribution in [1.82, 2.24) is 14.7 Å². The van der Waals surface area contributed by atoms with Crippen LogP contribution in [0.15, 0.2) is 44.3 Å². The number of H-pyrrole nitrogens is 1. The second kappa shape index (κ2) is 9.04. The third-order valence-corrected chi connectivity index (χ3v) is 5.03. The Morgan fingerprint density at radius 1 is 1.22 bits per heavy atom. The van der Waals surface area contributed by atoms with Crippen molar-refractivity contribution in [2.75, 3.05) is 24.7 Å². The molecular weight excluding hydrogens is 414 g/mol. The number of aromatic nitrogens is 2. The Balaban J connectivity index is 2.08. The van der Waals surface area contributed by atoms with Gasteiger partial charge in [0.15, 0.2) is 5.75 Å². The van der Waals surface area contributed by atoms with Gasteiger partial charge in [-0.2, -0.15) is 0 Å². The summed E-state index contributed by atoms with van der Waals surface area (Å²) < 4.78 is 6.73. The maximum Gasteiger partial charge on any atom is 0.290 e. The lowest BCUT2D eigenvalue weighted by Gasteiger charge is -2.20. The van der Waals surface area contributed by atoms with E-state index in [1.807, 2.05) is 19.9 Å². The van der Waals surface area contributed by atoms with Crippen LogP contribution >= 0.6 is 0 Å². The number of hydrogen-bond acceptors (Lipinski definition) is 7. The van der Waals surface area contributed by atoms with E-state index in [9.17, 15) is 19.5 Å². The first kappa shape index (κ1) is 22.7. The van der Waals surface area contributed by atoms with E-state index < -0.39 is 17.0 Å². The van der Waals surface area contributed by atoms with E-state index in [2.05, 4.69) is 15.7 Å². The average Bonchev–Trinajstić information content (AvgIpc) is 3.18. The Morgan fingerprint density at radius 3 is 2.53 bits per heavy atom. The number of aromatic hydroxyl groups is 1. The number of hydrogen-bond donors (Lipinski definition) is 4. The molecule has 2 aromatic heterocycles. The molecule has 3 rings (SSSR count). The molecule has 32 heavy (non-hydrogen) atoms. The number of carbonyl (C=O) groups excluding carboxylic acids is 1. The van der Waals surface area contributed by atoms with Gasteiger partial charge in [0.05, 0.1) is 17.3 Å². The fraction of sp³-hybridized carbons (Fsp3) is 0.318. The molecule has 4 N–H and O–H groups in total. The number of aromatic amines is 1. The number of rotatable bonds is 7. The first-order valence-corrected chi connectivity index (χ1v) is 10.1. The van der Waals surface area contributed by atoms with Gasteiger partial charge in [-0.1, -0.05) is 13.0 Å². The topological polar surface area (TPSA) is 133 Å². The Bertz CT molecular complexity index is 1250. The minimum Gasteiger partial charge on any atom is -0.505 e. The van der Waals surface area contributed by atoms with Gasteiger partial charge in [-0.25, -0.2) is 0 Å². The van der Waals surface area contributed by atoms with Crippen LogP contribution in [-0.4, -0.2) is 39.8 Å². The highest BCUT2D eigenvalue weighted by Crippen LogP contribution is 2.32. The van der Waals surface area contributed by atoms with Crippen LogP contribution in [0, 0.1) is 6.92 Å². The summed E-state index contributed by atoms with van der Waals surface area (Å²) in [6.07, 6.45) is 0.582. The first-order valence-electron chi connectivity index (χ1n) is 10.1. The van der Waals surface area contributed by atoms with Crippen LogP contribution in [0.3, 0.4) is 0 Å². The Labute approximate surface area is 184 Å². The smallest absolute Gasteiger partial charge is 0.290 e. The average molecular weight is 441 g/mol. The van der Waals surface area contributed by atoms with Crippen molar-refractivity contribution < 1.29 is 14.3 Å². The Morgan fingerprint density at radius 2 is 1.94 bits per heavy atom. The zero-order chi connectivity index (χ0) is 23.6. The van der Waals surface area contributed by atoms with Crippen LogP contribution in [0.5, 0.6) is 5.75 Å². The lowest BCUT2D eigenvalue weighted by atomic mass is 10.1. The minimum absolute atomic E-state index is 0.00209. The lowest BCUT2D eigenvalue weighted by Crippen LogP contribution is -2.32. The van der Waals surface area contributed by atoms with Crippen molar-refractivity contribution in [1.29, 1.82) is 0 Å². The summed E-state index contributed by atoms with van der Waals surface area (Å²) in [5, 5.41) is 19.1. The third kappa shape index (κ3) is 4.39. The Kier molecular flexibility index (Phi) is 6.42. The van der Waals surface area contributed by atoms with Crippen molar-refractivity contribution in [3.63, 3.8) is 0 Å². The molecule has 0 spiro atoms. The highest BCUT2D eigenvalue weighted by atomic mass is 16.3. The molecule has 1 amide bonds. The number of nitrogens with zero attached hydrogens (tertiary/aromatic N) is 2. The van der Waals surface area contributed by atoms with Crippen LogP contribution in [0.2, 0.25) is 0 Å². The van der Waals surface area contributed by atoms with Gasteiger partial charge in [-0.15, -0.1) is 0 Å². The van der Waals surface area contributed by atoms with E-state index in [-0.39, 0.29) is 34.4 Å². The van der Waals surface area contributed by atoms with Crippen molar-refractivity contribution in [2.45, 2.75) is 26.3 Å². The number of aryl methyl sites for hydroxylation is 2. The van der Waals surface area contributed by atoms with Gasteiger partial charge in [0.2, 0.25) is 0 Å². The van der Waals surface area contributed by atoms with Gasteiger partial charge in [0, 0.05) is 21.1 Å². The van der Waals surface area contributed by atoms with Gasteiger partial charge in [0.25, 0.3) is 17.0 Å². The van der Waals surface area contributed by atoms with Gasteiger partial charge < -0.3 is 25.1 Å². The van der Waals surface area contributed by atoms with Crippen LogP contribution < -0.4 is 21.8 Å². The van der Waals surface area contributed by atoms with E-state index >= 15 is 0 Å². The molecule has 0 saturated heterocycles. The Hall–Kier alpha value is -3.95. The van der Waals surface area contributed by atoms with Crippen molar-refractivity contribution in [3.05, 3.63) is 68.1 Å². The molecule has 0 radical (unpaired) electrons. The van der Waals surface area contributed by atoms with E-state index in [4.69, 9.17) is 4.42 Å². The van der Waals surface area contributed by atoms with Crippen molar-refractivity contribution in [2.24, 2.45) is 7.05 Å². The summed E-state index contributed by atoms with van der Waals surface area (Å²) in [5.74, 6) is 0.622. The normalized spacial score (nSPS) is 11.8. The molecule has 10 nitrogen and oxygen atoms in total. The van der Waals surface area contributed by atoms with E-state index in [1.165, 1.54) is 24.1 Å². The number of phenols is 1. The molecule has 1 aromatic carbocycles. The number of amides is 1. The van der Waals surface area contributed by atoms with Gasteiger partial charge in [0.1, 0.15) is 22.9 Å². The van der Waals surface area contributed by atoms with E-state index in [0.717, 1.165) is 10.4 Å². The molecule has 10 heteroatoms. The highest BCUT2D eigenvalue weighted by Gasteiger charge is 2.22. The molecule has 2 heterocycles. The molecule has 0 saturated carbocycles. The number of carbonyl (C=O) groups is 1. The summed E-state index contributed by atoms with van der Waals surface area (Å²) in [6, 6.07) is 7.82. The maximum absolute atomic E-state index is 12.9. The molecule has 0 unspecified atom stereocenters. The third-order valence-electron chi connectivity index (χ3n) is 5.03. The largest absolute Gasteiger partial charge is 0.505 e. The molecule has 0 aliphatic carbocycles. The molecule has 0 aliphatic heterocycles. The molecule has 1 atom stereocenters. The summed E-state index contributed by atoms with van der Waals surface area (Å²) in [4.78, 5) is 39.4. The van der Waals surface area contributed by atoms with Crippen LogP contribution in [-0.2, 0) is 7.05 Å². The number of anilines is 3. The summed E-state index contributed by atoms with van der Waals surface area (Å²) in [5.41, 5.74) is -0.947. The molecule has 170 valence electrons. The van der Waals surface area contributed by atoms with Crippen LogP contribution in [0.25, 0.3) is 0 Å². The molecule has 0 fully saturated rings. The zero-order valence-electron chi connectivity index (χ0n) is 18.6. The summed E-state index contributed by atoms with van der Waals surface area (Å²) >= 11 is 0. The lowest BCUT2D eigenvalue weighted by molar-refractivity contribution is 0.0824. The SMILES string of the molecule is CC[C@@H](Nc1c(Nc2cccc(C(=O)N(C)C)c2O)c(=O)n(C)[nH]c1=O)c1ccc(C)o1. The zero-order valence-corrected chi connectivity index (χ0v) is 18.6. The van der Waals surface area contributed by atoms with Gasteiger partial charge in [-0.3, -0.25) is 24.2 Å². The number of phenolic OH excluding ortho intramolecular Hbond substituents is 1. The predicted molar refractivity (Wildman–Crippen MR) is 122 cm³/mol. The van der Waals surface area contributed by atoms with Crippen LogP contribution in [0.4, 0.5) is 17.1 Å². The van der Waals surface area contributed by atoms with E-state index in [1.54, 1.807) is 26.2 Å². The maximum atomic E-state index is 12.9. The monoisotopic (exact) mass is 441 g/mol. The fourth-order valence-corrected chi connectivity index (χ4v) is 3.28. The molecular formula is C22H27N5O5. The second-order valence-corrected chi connectivity index (χ2v) is 7.64. The molecule has 0 aliphatic rings. The van der Waals surface area contributed by atoms with Crippen molar-refractivity contribution >= 4 is 23.0 Å².